The molecule has 1 aromatic heterocycles. The minimum Gasteiger partial charge on any atom is -0.472 e. The van der Waals surface area contributed by atoms with Gasteiger partial charge in [-0.15, -0.1) is 0 Å². The van der Waals surface area contributed by atoms with Crippen LogP contribution in [0.4, 0.5) is 0 Å². The highest BCUT2D eigenvalue weighted by atomic mass is 16.6. The lowest BCUT2D eigenvalue weighted by Crippen LogP contribution is -2.66. The number of fused-ring (bicyclic) bond motifs is 6. The smallest absolute Gasteiger partial charge is 0.308 e. The summed E-state index contributed by atoms with van der Waals surface area (Å²) in [6, 6.07) is 1.84. The Bertz CT molecular complexity index is 1210. The van der Waals surface area contributed by atoms with Gasteiger partial charge in [0.2, 0.25) is 0 Å². The lowest BCUT2D eigenvalue weighted by atomic mass is 9.40. The third-order valence-corrected chi connectivity index (χ3v) is 10.6. The van der Waals surface area contributed by atoms with Crippen molar-refractivity contribution in [2.45, 2.75) is 79.4 Å². The number of carbonyl (C=O) groups is 4. The molecule has 39 heavy (non-hydrogen) atoms. The molecule has 1 aromatic rings. The summed E-state index contributed by atoms with van der Waals surface area (Å²) in [6.07, 6.45) is 5.72. The lowest BCUT2D eigenvalue weighted by Gasteiger charge is -2.63. The summed E-state index contributed by atoms with van der Waals surface area (Å²) in [5, 5.41) is 0. The van der Waals surface area contributed by atoms with E-state index in [4.69, 9.17) is 18.6 Å². The van der Waals surface area contributed by atoms with Gasteiger partial charge in [0.1, 0.15) is 18.0 Å². The van der Waals surface area contributed by atoms with Crippen LogP contribution in [0.2, 0.25) is 0 Å². The zero-order valence-electron chi connectivity index (χ0n) is 23.9. The predicted molar refractivity (Wildman–Crippen MR) is 140 cm³/mol. The molecule has 8 nitrogen and oxygen atoms in total. The minimum absolute atomic E-state index is 0.000548. The standard InChI is InChI=1S/C31H40O8/c1-16(2)28(35)39-27-19-12-18-20(31(6,25(19)34)22(29(27,3)4)14-23(32)36-7)8-10-30(5)21(18)13-24(33)38-26(30)17-9-11-37-15-17/h9,11-12,15-16,19-22,26-27H,8,10,13-14H2,1-7H3/t19-,20+,21+,22+,26+,27-,30-,31-/m1/s1. The Labute approximate surface area is 229 Å². The molecule has 2 heterocycles. The molecule has 2 saturated carbocycles. The normalized spacial score (nSPS) is 38.7. The second-order valence-corrected chi connectivity index (χ2v) is 13.3. The number of esters is 3. The van der Waals surface area contributed by atoms with Crippen LogP contribution in [0.15, 0.2) is 34.7 Å². The fourth-order valence-electron chi connectivity index (χ4n) is 8.42. The molecule has 3 fully saturated rings. The number of ether oxygens (including phenoxy) is 3. The molecule has 0 amide bonds. The monoisotopic (exact) mass is 540 g/mol. The van der Waals surface area contributed by atoms with Gasteiger partial charge in [0.15, 0.2) is 0 Å². The molecular formula is C31H40O8. The first-order chi connectivity index (χ1) is 18.3. The maximum absolute atomic E-state index is 14.4. The molecule has 8 heteroatoms. The summed E-state index contributed by atoms with van der Waals surface area (Å²) in [6.45, 7) is 11.7. The molecule has 0 spiro atoms. The van der Waals surface area contributed by atoms with Crippen LogP contribution in [-0.2, 0) is 33.4 Å². The maximum Gasteiger partial charge on any atom is 0.308 e. The van der Waals surface area contributed by atoms with E-state index in [-0.39, 0.29) is 48.3 Å². The van der Waals surface area contributed by atoms with Crippen LogP contribution in [0.3, 0.4) is 0 Å². The minimum atomic E-state index is -0.888. The summed E-state index contributed by atoms with van der Waals surface area (Å²) < 4.78 is 22.4. The lowest BCUT2D eigenvalue weighted by molar-refractivity contribution is -0.198. The van der Waals surface area contributed by atoms with Gasteiger partial charge in [0.25, 0.3) is 0 Å². The van der Waals surface area contributed by atoms with E-state index in [0.717, 1.165) is 17.6 Å². The summed E-state index contributed by atoms with van der Waals surface area (Å²) in [4.78, 5) is 53.0. The predicted octanol–water partition coefficient (Wildman–Crippen LogP) is 5.22. The Morgan fingerprint density at radius 3 is 2.46 bits per heavy atom. The van der Waals surface area contributed by atoms with Gasteiger partial charge in [-0.1, -0.05) is 53.2 Å². The van der Waals surface area contributed by atoms with E-state index in [1.165, 1.54) is 7.11 Å². The van der Waals surface area contributed by atoms with Gasteiger partial charge in [0.05, 0.1) is 37.9 Å². The molecule has 5 rings (SSSR count). The summed E-state index contributed by atoms with van der Waals surface area (Å²) in [5.74, 6) is -2.83. The van der Waals surface area contributed by atoms with E-state index < -0.39 is 46.3 Å². The van der Waals surface area contributed by atoms with E-state index in [0.29, 0.717) is 6.42 Å². The highest BCUT2D eigenvalue weighted by molar-refractivity contribution is 5.93. The fourth-order valence-corrected chi connectivity index (χ4v) is 8.42. The molecule has 0 N–H and O–H groups in total. The van der Waals surface area contributed by atoms with Crippen molar-refractivity contribution in [3.05, 3.63) is 35.8 Å². The number of Topliss-reactive ketones (excluding diaryl/α,β-unsaturated/α-hetero) is 1. The molecule has 1 aliphatic heterocycles. The van der Waals surface area contributed by atoms with Crippen LogP contribution in [-0.4, -0.2) is 36.9 Å². The molecule has 2 bridgehead atoms. The third kappa shape index (κ3) is 4.00. The van der Waals surface area contributed by atoms with Gasteiger partial charge < -0.3 is 18.6 Å². The van der Waals surface area contributed by atoms with Gasteiger partial charge in [0, 0.05) is 28.2 Å². The topological polar surface area (TPSA) is 109 Å². The highest BCUT2D eigenvalue weighted by Crippen LogP contribution is 2.68. The maximum atomic E-state index is 14.4. The Morgan fingerprint density at radius 2 is 1.85 bits per heavy atom. The number of rotatable bonds is 5. The largest absolute Gasteiger partial charge is 0.472 e. The number of hydrogen-bond donors (Lipinski definition) is 0. The van der Waals surface area contributed by atoms with Crippen LogP contribution in [0, 0.1) is 45.8 Å². The first-order valence-corrected chi connectivity index (χ1v) is 14.0. The van der Waals surface area contributed by atoms with E-state index in [1.807, 2.05) is 32.9 Å². The van der Waals surface area contributed by atoms with Crippen molar-refractivity contribution in [1.29, 1.82) is 0 Å². The first kappa shape index (κ1) is 27.7. The van der Waals surface area contributed by atoms with Gasteiger partial charge in [-0.25, -0.2) is 0 Å². The first-order valence-electron chi connectivity index (χ1n) is 14.0. The summed E-state index contributed by atoms with van der Waals surface area (Å²) in [5.41, 5.74) is -0.0955. The molecular weight excluding hydrogens is 500 g/mol. The molecule has 4 aliphatic rings. The van der Waals surface area contributed by atoms with Crippen molar-refractivity contribution >= 4 is 23.7 Å². The van der Waals surface area contributed by atoms with Gasteiger partial charge in [-0.2, -0.15) is 0 Å². The van der Waals surface area contributed by atoms with E-state index >= 15 is 0 Å². The van der Waals surface area contributed by atoms with Crippen LogP contribution >= 0.6 is 0 Å². The van der Waals surface area contributed by atoms with Gasteiger partial charge in [-0.3, -0.25) is 19.2 Å². The van der Waals surface area contributed by atoms with Crippen molar-refractivity contribution in [3.63, 3.8) is 0 Å². The van der Waals surface area contributed by atoms with Crippen LogP contribution in [0.1, 0.15) is 78.9 Å². The Morgan fingerprint density at radius 1 is 1.13 bits per heavy atom. The number of carbonyl (C=O) groups excluding carboxylic acids is 4. The Balaban J connectivity index is 1.66. The molecule has 212 valence electrons. The number of methoxy groups -OCH3 is 1. The second kappa shape index (κ2) is 9.34. The Hall–Kier alpha value is -2.90. The number of cyclic esters (lactones) is 1. The molecule has 0 radical (unpaired) electrons. The van der Waals surface area contributed by atoms with E-state index in [2.05, 4.69) is 6.92 Å². The second-order valence-electron chi connectivity index (χ2n) is 13.3. The van der Waals surface area contributed by atoms with Crippen LogP contribution in [0.25, 0.3) is 0 Å². The number of hydrogen-bond acceptors (Lipinski definition) is 8. The Kier molecular flexibility index (Phi) is 6.62. The molecule has 0 aromatic carbocycles. The molecule has 3 aliphatic carbocycles. The number of allylic oxidation sites excluding steroid dienone is 1. The van der Waals surface area contributed by atoms with Crippen molar-refractivity contribution < 1.29 is 37.8 Å². The van der Waals surface area contributed by atoms with Crippen LogP contribution < -0.4 is 0 Å². The average molecular weight is 541 g/mol. The fraction of sp³-hybridized carbons (Fsp3) is 0.677. The SMILES string of the molecule is COC(=O)C[C@H]1C(C)(C)[C@H](OC(=O)C(C)C)[C@@H]2C=C3[C@@H]4CC(=O)O[C@@H](c5ccoc5)[C@]4(C)CC[C@@H]3[C@@]1(C)C2=O. The van der Waals surface area contributed by atoms with Gasteiger partial charge >= 0.3 is 17.9 Å². The number of furan rings is 1. The molecule has 8 atom stereocenters. The summed E-state index contributed by atoms with van der Waals surface area (Å²) >= 11 is 0. The van der Waals surface area contributed by atoms with Gasteiger partial charge in [-0.05, 0) is 36.7 Å². The van der Waals surface area contributed by atoms with E-state index in [9.17, 15) is 19.2 Å². The zero-order chi connectivity index (χ0) is 28.5. The number of ketones is 1. The van der Waals surface area contributed by atoms with E-state index in [1.54, 1.807) is 26.4 Å². The van der Waals surface area contributed by atoms with Crippen molar-refractivity contribution in [2.24, 2.45) is 45.8 Å². The van der Waals surface area contributed by atoms with Crippen molar-refractivity contribution in [1.82, 2.24) is 0 Å². The highest BCUT2D eigenvalue weighted by Gasteiger charge is 2.69. The quantitative estimate of drug-likeness (QED) is 0.284. The van der Waals surface area contributed by atoms with Crippen LogP contribution in [0.5, 0.6) is 0 Å². The van der Waals surface area contributed by atoms with Crippen molar-refractivity contribution in [2.75, 3.05) is 7.11 Å². The van der Waals surface area contributed by atoms with Crippen molar-refractivity contribution in [3.8, 4) is 0 Å². The third-order valence-electron chi connectivity index (χ3n) is 10.6. The average Bonchev–Trinajstić information content (AvgIpc) is 3.41. The molecule has 0 unspecified atom stereocenters. The summed E-state index contributed by atoms with van der Waals surface area (Å²) in [7, 11) is 1.35. The zero-order valence-corrected chi connectivity index (χ0v) is 23.9. The molecule has 1 saturated heterocycles.